The van der Waals surface area contributed by atoms with Crippen LogP contribution in [0.2, 0.25) is 0 Å². The van der Waals surface area contributed by atoms with Gasteiger partial charge in [0.05, 0.1) is 0 Å². The van der Waals surface area contributed by atoms with E-state index in [1.807, 2.05) is 19.1 Å². The predicted molar refractivity (Wildman–Crippen MR) is 102 cm³/mol. The van der Waals surface area contributed by atoms with Crippen molar-refractivity contribution in [2.24, 2.45) is 0 Å². The maximum atomic E-state index is 12.1. The maximum absolute atomic E-state index is 12.1. The van der Waals surface area contributed by atoms with Gasteiger partial charge in [-0.25, -0.2) is 0 Å². The summed E-state index contributed by atoms with van der Waals surface area (Å²) in [6.07, 6.45) is 3.78. The number of hydrogen-bond donors (Lipinski definition) is 0. The van der Waals surface area contributed by atoms with Crippen LogP contribution in [0.1, 0.15) is 36.7 Å². The maximum Gasteiger partial charge on any atom is 0.303 e. The number of carbonyl (C=O) groups is 4. The minimum atomic E-state index is -1.01. The molecule has 28 heavy (non-hydrogen) atoms. The number of esters is 3. The van der Waals surface area contributed by atoms with Crippen molar-refractivity contribution in [3.05, 3.63) is 59.7 Å². The topological polar surface area (TPSA) is 96.0 Å². The molecule has 0 saturated carbocycles. The quantitative estimate of drug-likeness (QED) is 0.211. The number of allylic oxidation sites excluding steroid dienone is 3. The zero-order valence-corrected chi connectivity index (χ0v) is 16.3. The van der Waals surface area contributed by atoms with Crippen molar-refractivity contribution in [1.29, 1.82) is 0 Å². The number of ketones is 1. The number of benzene rings is 1. The molecule has 2 atom stereocenters. The summed E-state index contributed by atoms with van der Waals surface area (Å²) in [5, 5.41) is 0. The van der Waals surface area contributed by atoms with Gasteiger partial charge in [-0.2, -0.15) is 0 Å². The smallest absolute Gasteiger partial charge is 0.303 e. The SMILES string of the molecule is CC(=O)OC[C@@H](OC(C)=O)[C@@H](/C=C/C=C/C(=O)c1ccc(C)cc1)OC(C)=O. The summed E-state index contributed by atoms with van der Waals surface area (Å²) in [6.45, 7) is 5.26. The summed E-state index contributed by atoms with van der Waals surface area (Å²) >= 11 is 0. The van der Waals surface area contributed by atoms with Gasteiger partial charge in [0.25, 0.3) is 0 Å². The lowest BCUT2D eigenvalue weighted by molar-refractivity contribution is -0.169. The first-order chi connectivity index (χ1) is 13.2. The lowest BCUT2D eigenvalue weighted by Gasteiger charge is -2.23. The average Bonchev–Trinajstić information content (AvgIpc) is 2.61. The fraction of sp³-hybridized carbons (Fsp3) is 0.333. The second-order valence-electron chi connectivity index (χ2n) is 6.00. The third-order valence-electron chi connectivity index (χ3n) is 3.43. The van der Waals surface area contributed by atoms with Crippen LogP contribution in [0, 0.1) is 6.92 Å². The zero-order valence-electron chi connectivity index (χ0n) is 16.3. The van der Waals surface area contributed by atoms with Gasteiger partial charge in [0.2, 0.25) is 0 Å². The Hall–Kier alpha value is -3.22. The molecule has 0 aliphatic carbocycles. The van der Waals surface area contributed by atoms with E-state index in [0.29, 0.717) is 5.56 Å². The molecule has 150 valence electrons. The molecule has 7 heteroatoms. The summed E-state index contributed by atoms with van der Waals surface area (Å²) in [6, 6.07) is 7.13. The van der Waals surface area contributed by atoms with E-state index in [0.717, 1.165) is 5.56 Å². The first kappa shape index (κ1) is 22.8. The van der Waals surface area contributed by atoms with Gasteiger partial charge in [0.1, 0.15) is 6.61 Å². The fourth-order valence-corrected chi connectivity index (χ4v) is 2.17. The van der Waals surface area contributed by atoms with Crippen LogP contribution >= 0.6 is 0 Å². The molecule has 0 heterocycles. The molecule has 0 amide bonds. The molecule has 1 aromatic carbocycles. The Morgan fingerprint density at radius 2 is 1.50 bits per heavy atom. The van der Waals surface area contributed by atoms with Crippen molar-refractivity contribution < 1.29 is 33.4 Å². The predicted octanol–water partition coefficient (Wildman–Crippen LogP) is 2.72. The Kier molecular flexibility index (Phi) is 9.36. The van der Waals surface area contributed by atoms with Crippen LogP contribution in [0.5, 0.6) is 0 Å². The molecule has 0 spiro atoms. The van der Waals surface area contributed by atoms with Crippen LogP contribution < -0.4 is 0 Å². The second-order valence-corrected chi connectivity index (χ2v) is 6.00. The highest BCUT2D eigenvalue weighted by molar-refractivity contribution is 6.04. The number of hydrogen-bond acceptors (Lipinski definition) is 7. The largest absolute Gasteiger partial charge is 0.462 e. The molecule has 1 rings (SSSR count). The molecule has 0 unspecified atom stereocenters. The van der Waals surface area contributed by atoms with Crippen molar-refractivity contribution in [2.75, 3.05) is 6.61 Å². The molecule has 0 N–H and O–H groups in total. The van der Waals surface area contributed by atoms with Crippen LogP contribution in [0.25, 0.3) is 0 Å². The molecular weight excluding hydrogens is 364 g/mol. The van der Waals surface area contributed by atoms with Crippen LogP contribution in [-0.2, 0) is 28.6 Å². The van der Waals surface area contributed by atoms with Crippen LogP contribution in [0.3, 0.4) is 0 Å². The van der Waals surface area contributed by atoms with Crippen molar-refractivity contribution in [1.82, 2.24) is 0 Å². The zero-order chi connectivity index (χ0) is 21.1. The second kappa shape index (κ2) is 11.5. The van der Waals surface area contributed by atoms with E-state index >= 15 is 0 Å². The Balaban J connectivity index is 2.87. The molecule has 0 aromatic heterocycles. The molecule has 0 saturated heterocycles. The Morgan fingerprint density at radius 1 is 0.893 bits per heavy atom. The summed E-state index contributed by atoms with van der Waals surface area (Å²) in [5.74, 6) is -1.97. The fourth-order valence-electron chi connectivity index (χ4n) is 2.17. The highest BCUT2D eigenvalue weighted by Gasteiger charge is 2.26. The third kappa shape index (κ3) is 8.93. The number of ether oxygens (including phenoxy) is 3. The third-order valence-corrected chi connectivity index (χ3v) is 3.43. The first-order valence-electron chi connectivity index (χ1n) is 8.62. The van der Waals surface area contributed by atoms with Crippen molar-refractivity contribution >= 4 is 23.7 Å². The van der Waals surface area contributed by atoms with Gasteiger partial charge in [-0.05, 0) is 19.1 Å². The van der Waals surface area contributed by atoms with Gasteiger partial charge < -0.3 is 14.2 Å². The standard InChI is InChI=1S/C21H24O7/c1-14-9-11-18(12-10-14)19(25)7-5-6-8-20(27-16(3)23)21(28-17(4)24)13-26-15(2)22/h5-12,20-21H,13H2,1-4H3/b7-5+,8-6+/t20-,21-/m1/s1. The van der Waals surface area contributed by atoms with Gasteiger partial charge in [-0.1, -0.05) is 42.0 Å². The lowest BCUT2D eigenvalue weighted by atomic mass is 10.1. The van der Waals surface area contributed by atoms with E-state index in [-0.39, 0.29) is 12.4 Å². The van der Waals surface area contributed by atoms with Crippen LogP contribution in [0.15, 0.2) is 48.6 Å². The summed E-state index contributed by atoms with van der Waals surface area (Å²) in [7, 11) is 0. The van der Waals surface area contributed by atoms with E-state index in [2.05, 4.69) is 0 Å². The van der Waals surface area contributed by atoms with Crippen LogP contribution in [-0.4, -0.2) is 42.5 Å². The summed E-state index contributed by atoms with van der Waals surface area (Å²) < 4.78 is 15.1. The molecule has 0 radical (unpaired) electrons. The molecule has 1 aromatic rings. The van der Waals surface area contributed by atoms with E-state index in [9.17, 15) is 19.2 Å². The average molecular weight is 388 g/mol. The van der Waals surface area contributed by atoms with E-state index in [1.165, 1.54) is 45.1 Å². The Morgan fingerprint density at radius 3 is 2.04 bits per heavy atom. The minimum Gasteiger partial charge on any atom is -0.462 e. The van der Waals surface area contributed by atoms with Gasteiger partial charge >= 0.3 is 17.9 Å². The van der Waals surface area contributed by atoms with Gasteiger partial charge in [0.15, 0.2) is 18.0 Å². The van der Waals surface area contributed by atoms with E-state index < -0.39 is 30.1 Å². The van der Waals surface area contributed by atoms with Gasteiger partial charge in [0, 0.05) is 26.3 Å². The minimum absolute atomic E-state index is 0.190. The molecule has 0 bridgehead atoms. The lowest BCUT2D eigenvalue weighted by Crippen LogP contribution is -2.37. The van der Waals surface area contributed by atoms with Crippen LogP contribution in [0.4, 0.5) is 0 Å². The summed E-state index contributed by atoms with van der Waals surface area (Å²) in [4.78, 5) is 45.8. The molecule has 0 aliphatic rings. The van der Waals surface area contributed by atoms with E-state index in [4.69, 9.17) is 14.2 Å². The van der Waals surface area contributed by atoms with Gasteiger partial charge in [-0.15, -0.1) is 0 Å². The molecule has 0 aliphatic heterocycles. The van der Waals surface area contributed by atoms with Crippen molar-refractivity contribution in [2.45, 2.75) is 39.9 Å². The van der Waals surface area contributed by atoms with Crippen molar-refractivity contribution in [3.63, 3.8) is 0 Å². The molecule has 0 fully saturated rings. The summed E-state index contributed by atoms with van der Waals surface area (Å²) in [5.41, 5.74) is 1.59. The number of aryl methyl sites for hydroxylation is 1. The number of carbonyl (C=O) groups excluding carboxylic acids is 4. The number of rotatable bonds is 9. The normalized spacial score (nSPS) is 13.1. The van der Waals surface area contributed by atoms with Gasteiger partial charge in [-0.3, -0.25) is 19.2 Å². The highest BCUT2D eigenvalue weighted by atomic mass is 16.6. The highest BCUT2D eigenvalue weighted by Crippen LogP contribution is 2.10. The van der Waals surface area contributed by atoms with Crippen molar-refractivity contribution in [3.8, 4) is 0 Å². The van der Waals surface area contributed by atoms with E-state index in [1.54, 1.807) is 12.1 Å². The molecule has 7 nitrogen and oxygen atoms in total. The Bertz CT molecular complexity index is 759. The monoisotopic (exact) mass is 388 g/mol. The Labute approximate surface area is 164 Å². The molecular formula is C21H24O7. The first-order valence-corrected chi connectivity index (χ1v) is 8.62.